The zero-order valence-corrected chi connectivity index (χ0v) is 11.1. The smallest absolute Gasteiger partial charge is 0.223 e. The third-order valence-electron chi connectivity index (χ3n) is 3.70. The van der Waals surface area contributed by atoms with Crippen molar-refractivity contribution in [3.8, 4) is 5.75 Å². The van der Waals surface area contributed by atoms with Crippen LogP contribution in [0.25, 0.3) is 0 Å². The van der Waals surface area contributed by atoms with Crippen LogP contribution in [0.2, 0.25) is 0 Å². The SMILES string of the molecule is COc1ccc([C@H](C)NC(=O)C2CCCC2)cc1. The van der Waals surface area contributed by atoms with Crippen LogP contribution < -0.4 is 10.1 Å². The molecule has 18 heavy (non-hydrogen) atoms. The van der Waals surface area contributed by atoms with E-state index in [4.69, 9.17) is 4.74 Å². The van der Waals surface area contributed by atoms with Crippen molar-refractivity contribution >= 4 is 5.91 Å². The van der Waals surface area contributed by atoms with E-state index in [9.17, 15) is 4.79 Å². The van der Waals surface area contributed by atoms with Gasteiger partial charge < -0.3 is 10.1 Å². The minimum absolute atomic E-state index is 0.0593. The molecule has 0 bridgehead atoms. The van der Waals surface area contributed by atoms with Crippen LogP contribution in [0.1, 0.15) is 44.2 Å². The Labute approximate surface area is 109 Å². The molecule has 0 saturated heterocycles. The van der Waals surface area contributed by atoms with Crippen molar-refractivity contribution in [2.75, 3.05) is 7.11 Å². The van der Waals surface area contributed by atoms with Crippen molar-refractivity contribution in [2.45, 2.75) is 38.6 Å². The molecule has 0 aliphatic heterocycles. The number of nitrogens with one attached hydrogen (secondary N) is 1. The fourth-order valence-corrected chi connectivity index (χ4v) is 2.50. The zero-order chi connectivity index (χ0) is 13.0. The topological polar surface area (TPSA) is 38.3 Å². The van der Waals surface area contributed by atoms with E-state index in [0.29, 0.717) is 0 Å². The highest BCUT2D eigenvalue weighted by Gasteiger charge is 2.23. The lowest BCUT2D eigenvalue weighted by molar-refractivity contribution is -0.125. The molecule has 0 unspecified atom stereocenters. The first-order chi connectivity index (χ1) is 8.70. The van der Waals surface area contributed by atoms with E-state index in [1.165, 1.54) is 12.8 Å². The van der Waals surface area contributed by atoms with Gasteiger partial charge in [0, 0.05) is 5.92 Å². The van der Waals surface area contributed by atoms with E-state index in [0.717, 1.165) is 24.2 Å². The Hall–Kier alpha value is -1.51. The van der Waals surface area contributed by atoms with Crippen LogP contribution in [0.5, 0.6) is 5.75 Å². The minimum Gasteiger partial charge on any atom is -0.497 e. The van der Waals surface area contributed by atoms with Crippen molar-refractivity contribution < 1.29 is 9.53 Å². The van der Waals surface area contributed by atoms with Crippen LogP contribution in [-0.2, 0) is 4.79 Å². The molecular formula is C15H21NO2. The third kappa shape index (κ3) is 3.03. The summed E-state index contributed by atoms with van der Waals surface area (Å²) in [6.07, 6.45) is 4.46. The monoisotopic (exact) mass is 247 g/mol. The van der Waals surface area contributed by atoms with Gasteiger partial charge in [-0.2, -0.15) is 0 Å². The summed E-state index contributed by atoms with van der Waals surface area (Å²) in [6, 6.07) is 7.90. The normalized spacial score (nSPS) is 17.4. The van der Waals surface area contributed by atoms with Crippen LogP contribution in [0.15, 0.2) is 24.3 Å². The summed E-state index contributed by atoms with van der Waals surface area (Å²) in [4.78, 5) is 12.0. The first kappa shape index (κ1) is 12.9. The average Bonchev–Trinajstić information content (AvgIpc) is 2.92. The van der Waals surface area contributed by atoms with Crippen molar-refractivity contribution in [1.82, 2.24) is 5.32 Å². The first-order valence-electron chi connectivity index (χ1n) is 6.65. The van der Waals surface area contributed by atoms with Crippen LogP contribution in [0.3, 0.4) is 0 Å². The van der Waals surface area contributed by atoms with Gasteiger partial charge in [0.2, 0.25) is 5.91 Å². The van der Waals surface area contributed by atoms with Gasteiger partial charge in [0.1, 0.15) is 5.75 Å². The van der Waals surface area contributed by atoms with Gasteiger partial charge >= 0.3 is 0 Å². The Morgan fingerprint density at radius 1 is 1.28 bits per heavy atom. The van der Waals surface area contributed by atoms with E-state index in [2.05, 4.69) is 5.32 Å². The lowest BCUT2D eigenvalue weighted by atomic mass is 10.0. The van der Waals surface area contributed by atoms with Gasteiger partial charge in [-0.15, -0.1) is 0 Å². The summed E-state index contributed by atoms with van der Waals surface area (Å²) in [5, 5.41) is 3.10. The number of hydrogen-bond acceptors (Lipinski definition) is 2. The van der Waals surface area contributed by atoms with Crippen molar-refractivity contribution in [1.29, 1.82) is 0 Å². The van der Waals surface area contributed by atoms with Crippen molar-refractivity contribution in [3.63, 3.8) is 0 Å². The fraction of sp³-hybridized carbons (Fsp3) is 0.533. The van der Waals surface area contributed by atoms with E-state index in [1.54, 1.807) is 7.11 Å². The van der Waals surface area contributed by atoms with Gasteiger partial charge in [0.25, 0.3) is 0 Å². The molecule has 1 saturated carbocycles. The Kier molecular flexibility index (Phi) is 4.24. The molecule has 98 valence electrons. The van der Waals surface area contributed by atoms with Crippen LogP contribution in [0, 0.1) is 5.92 Å². The first-order valence-corrected chi connectivity index (χ1v) is 6.65. The van der Waals surface area contributed by atoms with E-state index in [-0.39, 0.29) is 17.9 Å². The number of hydrogen-bond donors (Lipinski definition) is 1. The molecule has 1 aliphatic carbocycles. The summed E-state index contributed by atoms with van der Waals surface area (Å²) >= 11 is 0. The molecule has 1 N–H and O–H groups in total. The van der Waals surface area contributed by atoms with E-state index < -0.39 is 0 Å². The molecule has 1 aromatic rings. The van der Waals surface area contributed by atoms with Crippen molar-refractivity contribution in [3.05, 3.63) is 29.8 Å². The maximum absolute atomic E-state index is 12.0. The quantitative estimate of drug-likeness (QED) is 0.888. The second-order valence-electron chi connectivity index (χ2n) is 4.98. The number of carbonyl (C=O) groups is 1. The Bertz CT molecular complexity index is 393. The van der Waals surface area contributed by atoms with E-state index in [1.807, 2.05) is 31.2 Å². The number of ether oxygens (including phenoxy) is 1. The predicted octanol–water partition coefficient (Wildman–Crippen LogP) is 3.06. The molecule has 0 aromatic heterocycles. The molecular weight excluding hydrogens is 226 g/mol. The van der Waals surface area contributed by atoms with Gasteiger partial charge in [-0.05, 0) is 37.5 Å². The van der Waals surface area contributed by atoms with Crippen LogP contribution >= 0.6 is 0 Å². The summed E-state index contributed by atoms with van der Waals surface area (Å²) in [5.74, 6) is 1.27. The lowest BCUT2D eigenvalue weighted by Crippen LogP contribution is -2.31. The summed E-state index contributed by atoms with van der Waals surface area (Å²) < 4.78 is 5.12. The maximum atomic E-state index is 12.0. The molecule has 1 fully saturated rings. The molecule has 3 heteroatoms. The molecule has 3 nitrogen and oxygen atoms in total. The fourth-order valence-electron chi connectivity index (χ4n) is 2.50. The van der Waals surface area contributed by atoms with Gasteiger partial charge in [0.15, 0.2) is 0 Å². The van der Waals surface area contributed by atoms with Crippen molar-refractivity contribution in [2.24, 2.45) is 5.92 Å². The number of carbonyl (C=O) groups excluding carboxylic acids is 1. The second kappa shape index (κ2) is 5.89. The summed E-state index contributed by atoms with van der Waals surface area (Å²) in [5.41, 5.74) is 1.11. The van der Waals surface area contributed by atoms with Crippen LogP contribution in [-0.4, -0.2) is 13.0 Å². The Morgan fingerprint density at radius 2 is 1.89 bits per heavy atom. The molecule has 1 amide bonds. The highest BCUT2D eigenvalue weighted by molar-refractivity contribution is 5.79. The molecule has 0 radical (unpaired) electrons. The molecule has 0 heterocycles. The molecule has 0 spiro atoms. The van der Waals surface area contributed by atoms with E-state index >= 15 is 0 Å². The van der Waals surface area contributed by atoms with Gasteiger partial charge in [0.05, 0.1) is 13.2 Å². The molecule has 1 atom stereocenters. The number of amides is 1. The van der Waals surface area contributed by atoms with Crippen LogP contribution in [0.4, 0.5) is 0 Å². The largest absolute Gasteiger partial charge is 0.497 e. The van der Waals surface area contributed by atoms with Gasteiger partial charge in [-0.25, -0.2) is 0 Å². The van der Waals surface area contributed by atoms with Gasteiger partial charge in [-0.3, -0.25) is 4.79 Å². The summed E-state index contributed by atoms with van der Waals surface area (Å²) in [7, 11) is 1.65. The maximum Gasteiger partial charge on any atom is 0.223 e. The standard InChI is InChI=1S/C15H21NO2/c1-11(12-7-9-14(18-2)10-8-12)16-15(17)13-5-3-4-6-13/h7-11,13H,3-6H2,1-2H3,(H,16,17)/t11-/m0/s1. The zero-order valence-electron chi connectivity index (χ0n) is 11.1. The number of methoxy groups -OCH3 is 1. The Balaban J connectivity index is 1.93. The minimum atomic E-state index is 0.0593. The Morgan fingerprint density at radius 3 is 2.44 bits per heavy atom. The average molecular weight is 247 g/mol. The van der Waals surface area contributed by atoms with Gasteiger partial charge in [-0.1, -0.05) is 25.0 Å². The number of benzene rings is 1. The molecule has 2 rings (SSSR count). The lowest BCUT2D eigenvalue weighted by Gasteiger charge is -2.17. The summed E-state index contributed by atoms with van der Waals surface area (Å²) in [6.45, 7) is 2.02. The highest BCUT2D eigenvalue weighted by Crippen LogP contribution is 2.26. The third-order valence-corrected chi connectivity index (χ3v) is 3.70. The highest BCUT2D eigenvalue weighted by atomic mass is 16.5. The number of rotatable bonds is 4. The second-order valence-corrected chi connectivity index (χ2v) is 4.98. The molecule has 1 aliphatic rings. The molecule has 1 aromatic carbocycles. The predicted molar refractivity (Wildman–Crippen MR) is 71.5 cm³/mol.